The van der Waals surface area contributed by atoms with Gasteiger partial charge in [-0.25, -0.2) is 9.78 Å². The predicted octanol–water partition coefficient (Wildman–Crippen LogP) is 6.93. The van der Waals surface area contributed by atoms with Crippen molar-refractivity contribution >= 4 is 30.3 Å². The van der Waals surface area contributed by atoms with Gasteiger partial charge in [0, 0.05) is 6.20 Å². The van der Waals surface area contributed by atoms with Crippen molar-refractivity contribution in [2.75, 3.05) is 0 Å². The second kappa shape index (κ2) is 10.2. The van der Waals surface area contributed by atoms with Gasteiger partial charge in [-0.15, -0.1) is 0 Å². The van der Waals surface area contributed by atoms with Gasteiger partial charge in [0.1, 0.15) is 11.4 Å². The fourth-order valence-corrected chi connectivity index (χ4v) is 7.09. The Labute approximate surface area is 193 Å². The van der Waals surface area contributed by atoms with E-state index in [-0.39, 0.29) is 12.2 Å². The lowest BCUT2D eigenvalue weighted by Gasteiger charge is -2.29. The molecule has 0 radical (unpaired) electrons. The molecule has 2 aromatic heterocycles. The van der Waals surface area contributed by atoms with Gasteiger partial charge in [0.15, 0.2) is 4.99 Å². The molecule has 0 fully saturated rings. The molecular weight excluding hydrogens is 447 g/mol. The Morgan fingerprint density at radius 2 is 1.62 bits per heavy atom. The lowest BCUT2D eigenvalue weighted by atomic mass is 10.2. The summed E-state index contributed by atoms with van der Waals surface area (Å²) < 4.78 is 33.2. The Morgan fingerprint density at radius 1 is 1.00 bits per heavy atom. The van der Waals surface area contributed by atoms with E-state index in [4.69, 9.17) is 13.8 Å². The SMILES string of the molecule is Cc1ccc(OC(=O)SC(c2c(C)nc3ccccn23)P(=O)(OC(C)C)OC(C)C)cc1. The van der Waals surface area contributed by atoms with Crippen molar-refractivity contribution in [3.8, 4) is 5.75 Å². The Morgan fingerprint density at radius 3 is 2.22 bits per heavy atom. The molecule has 1 unspecified atom stereocenters. The van der Waals surface area contributed by atoms with Gasteiger partial charge < -0.3 is 18.2 Å². The topological polar surface area (TPSA) is 79.1 Å². The molecule has 3 aromatic rings. The highest BCUT2D eigenvalue weighted by Crippen LogP contribution is 2.67. The normalized spacial score (nSPS) is 13.1. The zero-order chi connectivity index (χ0) is 23.5. The highest BCUT2D eigenvalue weighted by molar-refractivity contribution is 8.17. The van der Waals surface area contributed by atoms with Crippen molar-refractivity contribution in [2.24, 2.45) is 0 Å². The van der Waals surface area contributed by atoms with Crippen molar-refractivity contribution < 1.29 is 23.1 Å². The van der Waals surface area contributed by atoms with Crippen LogP contribution in [0.15, 0.2) is 48.7 Å². The molecule has 1 aromatic carbocycles. The number of aromatic nitrogens is 2. The summed E-state index contributed by atoms with van der Waals surface area (Å²) >= 11 is 0.786. The molecule has 2 heterocycles. The number of carbonyl (C=O) groups excluding carboxylic acids is 1. The monoisotopic (exact) mass is 476 g/mol. The van der Waals surface area contributed by atoms with Gasteiger partial charge >= 0.3 is 12.9 Å². The number of hydrogen-bond acceptors (Lipinski definition) is 7. The number of pyridine rings is 1. The standard InChI is InChI=1S/C23H29N2O5PS/c1-15(2)29-31(27,30-16(3)4)22(21-18(6)24-20-9-7-8-14-25(20)21)32-23(26)28-19-12-10-17(5)11-13-19/h7-16,22H,1-6H3. The van der Waals surface area contributed by atoms with E-state index in [1.54, 1.807) is 39.8 Å². The molecule has 0 aliphatic carbocycles. The third kappa shape index (κ3) is 5.81. The fourth-order valence-electron chi connectivity index (χ4n) is 3.24. The van der Waals surface area contributed by atoms with Crippen LogP contribution in [0.2, 0.25) is 0 Å². The van der Waals surface area contributed by atoms with Gasteiger partial charge in [0.05, 0.1) is 23.6 Å². The lowest BCUT2D eigenvalue weighted by molar-refractivity contribution is 0.140. The summed E-state index contributed by atoms with van der Waals surface area (Å²) in [6.07, 6.45) is 1.06. The number of rotatable bonds is 8. The van der Waals surface area contributed by atoms with E-state index >= 15 is 0 Å². The van der Waals surface area contributed by atoms with E-state index in [1.807, 2.05) is 54.8 Å². The average molecular weight is 477 g/mol. The molecule has 0 aliphatic rings. The number of ether oxygens (including phenoxy) is 1. The van der Waals surface area contributed by atoms with Crippen molar-refractivity contribution in [2.45, 2.75) is 58.7 Å². The van der Waals surface area contributed by atoms with Gasteiger partial charge in [-0.1, -0.05) is 23.8 Å². The van der Waals surface area contributed by atoms with Crippen LogP contribution < -0.4 is 4.74 Å². The first-order valence-electron chi connectivity index (χ1n) is 10.4. The summed E-state index contributed by atoms with van der Waals surface area (Å²) in [5, 5.41) is -0.607. The van der Waals surface area contributed by atoms with E-state index in [1.165, 1.54) is 0 Å². The average Bonchev–Trinajstić information content (AvgIpc) is 3.02. The molecule has 0 saturated heterocycles. The Balaban J connectivity index is 2.05. The van der Waals surface area contributed by atoms with Crippen molar-refractivity contribution in [3.63, 3.8) is 0 Å². The van der Waals surface area contributed by atoms with Gasteiger partial charge in [-0.2, -0.15) is 0 Å². The van der Waals surface area contributed by atoms with E-state index < -0.39 is 17.9 Å². The number of nitrogens with zero attached hydrogens (tertiary/aromatic N) is 2. The second-order valence-electron chi connectivity index (χ2n) is 7.99. The first-order chi connectivity index (χ1) is 15.1. The van der Waals surface area contributed by atoms with E-state index in [0.29, 0.717) is 22.8 Å². The van der Waals surface area contributed by atoms with Crippen LogP contribution in [0, 0.1) is 13.8 Å². The largest absolute Gasteiger partial charge is 0.418 e. The summed E-state index contributed by atoms with van der Waals surface area (Å²) in [5.74, 6) is 0.408. The number of carbonyl (C=O) groups is 1. The van der Waals surface area contributed by atoms with Crippen LogP contribution >= 0.6 is 19.4 Å². The predicted molar refractivity (Wildman–Crippen MR) is 128 cm³/mol. The third-order valence-corrected chi connectivity index (χ3v) is 8.48. The van der Waals surface area contributed by atoms with Gasteiger partial charge in [-0.3, -0.25) is 4.57 Å². The quantitative estimate of drug-likeness (QED) is 0.258. The number of aryl methyl sites for hydroxylation is 2. The van der Waals surface area contributed by atoms with Crippen LogP contribution in [0.3, 0.4) is 0 Å². The maximum atomic E-state index is 14.1. The van der Waals surface area contributed by atoms with Crippen LogP contribution in [-0.2, 0) is 13.6 Å². The summed E-state index contributed by atoms with van der Waals surface area (Å²) in [6, 6.07) is 12.7. The molecule has 0 N–H and O–H groups in total. The third-order valence-electron chi connectivity index (χ3n) is 4.42. The molecule has 9 heteroatoms. The zero-order valence-electron chi connectivity index (χ0n) is 19.1. The van der Waals surface area contributed by atoms with Crippen LogP contribution in [-0.4, -0.2) is 26.9 Å². The molecule has 0 saturated carbocycles. The zero-order valence-corrected chi connectivity index (χ0v) is 20.9. The maximum absolute atomic E-state index is 14.1. The summed E-state index contributed by atoms with van der Waals surface area (Å²) in [4.78, 5) is 16.5. The number of imidazole rings is 1. The first kappa shape index (κ1) is 24.5. The van der Waals surface area contributed by atoms with Gasteiger partial charge in [0.25, 0.3) is 0 Å². The highest BCUT2D eigenvalue weighted by Gasteiger charge is 2.44. The molecule has 0 aliphatic heterocycles. The summed E-state index contributed by atoms with van der Waals surface area (Å²) in [7, 11) is -3.83. The van der Waals surface area contributed by atoms with Gasteiger partial charge in [0.2, 0.25) is 0 Å². The summed E-state index contributed by atoms with van der Waals surface area (Å²) in [6.45, 7) is 10.9. The minimum atomic E-state index is -3.83. The number of thioether (sulfide) groups is 1. The fraction of sp³-hybridized carbons (Fsp3) is 0.391. The Kier molecular flexibility index (Phi) is 7.83. The lowest BCUT2D eigenvalue weighted by Crippen LogP contribution is -2.16. The number of benzene rings is 1. The summed E-state index contributed by atoms with van der Waals surface area (Å²) in [5.41, 5.74) is 2.95. The molecular formula is C23H29N2O5PS. The minimum absolute atomic E-state index is 0.379. The van der Waals surface area contributed by atoms with E-state index in [2.05, 4.69) is 4.98 Å². The molecule has 0 spiro atoms. The van der Waals surface area contributed by atoms with Crippen LogP contribution in [0.4, 0.5) is 4.79 Å². The molecule has 0 bridgehead atoms. The maximum Gasteiger partial charge on any atom is 0.374 e. The van der Waals surface area contributed by atoms with Crippen LogP contribution in [0.5, 0.6) is 5.75 Å². The smallest absolute Gasteiger partial charge is 0.374 e. The number of hydrogen-bond donors (Lipinski definition) is 0. The van der Waals surface area contributed by atoms with E-state index in [0.717, 1.165) is 17.3 Å². The van der Waals surface area contributed by atoms with Crippen molar-refractivity contribution in [1.82, 2.24) is 9.38 Å². The van der Waals surface area contributed by atoms with Crippen LogP contribution in [0.1, 0.15) is 49.6 Å². The molecule has 0 amide bonds. The van der Waals surface area contributed by atoms with Crippen molar-refractivity contribution in [1.29, 1.82) is 0 Å². The molecule has 7 nitrogen and oxygen atoms in total. The second-order valence-corrected chi connectivity index (χ2v) is 11.4. The Bertz CT molecular complexity index is 1110. The minimum Gasteiger partial charge on any atom is -0.418 e. The van der Waals surface area contributed by atoms with E-state index in [9.17, 15) is 9.36 Å². The molecule has 172 valence electrons. The van der Waals surface area contributed by atoms with Crippen molar-refractivity contribution in [3.05, 3.63) is 65.6 Å². The number of fused-ring (bicyclic) bond motifs is 1. The Hall–Kier alpha value is -2.12. The molecule has 1 atom stereocenters. The van der Waals surface area contributed by atoms with Gasteiger partial charge in [-0.05, 0) is 77.6 Å². The highest BCUT2D eigenvalue weighted by atomic mass is 32.2. The molecule has 32 heavy (non-hydrogen) atoms. The first-order valence-corrected chi connectivity index (χ1v) is 12.9. The van der Waals surface area contributed by atoms with Crippen LogP contribution in [0.25, 0.3) is 5.65 Å². The molecule has 3 rings (SSSR count).